The van der Waals surface area contributed by atoms with E-state index in [0.29, 0.717) is 6.42 Å². The molecule has 0 aliphatic rings. The first-order valence-electron chi connectivity index (χ1n) is 7.51. The fraction of sp³-hybridized carbons (Fsp3) is 0.600. The summed E-state index contributed by atoms with van der Waals surface area (Å²) in [5.74, 6) is -0.303. The molecule has 0 heterocycles. The van der Waals surface area contributed by atoms with E-state index in [0.717, 1.165) is 37.8 Å². The van der Waals surface area contributed by atoms with Crippen LogP contribution in [-0.2, 0) is 16.9 Å². The Labute approximate surface area is 133 Å². The van der Waals surface area contributed by atoms with Gasteiger partial charge in [0.05, 0.1) is 18.3 Å². The van der Waals surface area contributed by atoms with Crippen molar-refractivity contribution in [3.63, 3.8) is 0 Å². The zero-order valence-corrected chi connectivity index (χ0v) is 13.9. The Morgan fingerprint density at radius 2 is 1.78 bits per heavy atom. The predicted octanol–water partition coefficient (Wildman–Crippen LogP) is 4.73. The van der Waals surface area contributed by atoms with E-state index in [4.69, 9.17) is 14.5 Å². The molecule has 1 aromatic rings. The molecule has 0 fully saturated rings. The van der Waals surface area contributed by atoms with Crippen molar-refractivity contribution in [2.75, 3.05) is 6.61 Å². The number of unbranched alkanes of at least 4 members (excludes halogenated alkanes) is 4. The largest absolute Gasteiger partial charge is 0.493 e. The van der Waals surface area contributed by atoms with E-state index in [2.05, 4.69) is 6.92 Å². The smallest absolute Gasteiger partial charge is 0.419 e. The van der Waals surface area contributed by atoms with Crippen LogP contribution in [0.4, 0.5) is 13.2 Å². The molecule has 23 heavy (non-hydrogen) atoms. The first-order valence-corrected chi connectivity index (χ1v) is 9.30. The Morgan fingerprint density at radius 1 is 1.13 bits per heavy atom. The van der Waals surface area contributed by atoms with Crippen molar-refractivity contribution in [2.24, 2.45) is 0 Å². The Morgan fingerprint density at radius 3 is 2.35 bits per heavy atom. The van der Waals surface area contributed by atoms with Crippen LogP contribution in [0, 0.1) is 0 Å². The number of hydrogen-bond acceptors (Lipinski definition) is 2. The Hall–Kier alpha value is -1.04. The molecule has 132 valence electrons. The van der Waals surface area contributed by atoms with Crippen LogP contribution in [0.2, 0.25) is 0 Å². The molecule has 1 rings (SSSR count). The highest BCUT2D eigenvalue weighted by Gasteiger charge is 2.35. The third-order valence-electron chi connectivity index (χ3n) is 3.24. The average molecular weight is 354 g/mol. The van der Waals surface area contributed by atoms with Crippen LogP contribution in [0.5, 0.6) is 5.75 Å². The van der Waals surface area contributed by atoms with Gasteiger partial charge in [0.25, 0.3) is 0 Å². The maximum Gasteiger partial charge on any atom is 0.419 e. The second-order valence-corrected chi connectivity index (χ2v) is 7.06. The van der Waals surface area contributed by atoms with E-state index in [1.807, 2.05) is 0 Å². The summed E-state index contributed by atoms with van der Waals surface area (Å²) >= 11 is 0. The van der Waals surface area contributed by atoms with Gasteiger partial charge in [-0.1, -0.05) is 38.7 Å². The molecule has 0 radical (unpaired) electrons. The number of ether oxygens (including phenoxy) is 1. The molecule has 1 aromatic carbocycles. The summed E-state index contributed by atoms with van der Waals surface area (Å²) in [6.45, 7) is 2.26. The van der Waals surface area contributed by atoms with Gasteiger partial charge >= 0.3 is 13.8 Å². The van der Waals surface area contributed by atoms with Gasteiger partial charge in [-0.05, 0) is 24.1 Å². The van der Waals surface area contributed by atoms with Crippen molar-refractivity contribution in [3.8, 4) is 5.75 Å². The molecule has 0 atom stereocenters. The molecule has 4 nitrogen and oxygen atoms in total. The van der Waals surface area contributed by atoms with Crippen LogP contribution in [-0.4, -0.2) is 16.4 Å². The number of benzene rings is 1. The minimum absolute atomic E-state index is 0.0686. The number of halogens is 3. The normalized spacial score (nSPS) is 12.4. The fourth-order valence-corrected chi connectivity index (χ4v) is 2.82. The molecule has 0 saturated heterocycles. The minimum Gasteiger partial charge on any atom is -0.493 e. The molecule has 2 N–H and O–H groups in total. The zero-order chi connectivity index (χ0) is 17.5. The number of hydrogen-bond donors (Lipinski definition) is 2. The van der Waals surface area contributed by atoms with Gasteiger partial charge in [0.2, 0.25) is 0 Å². The average Bonchev–Trinajstić information content (AvgIpc) is 2.41. The first kappa shape index (κ1) is 20.0. The summed E-state index contributed by atoms with van der Waals surface area (Å²) in [7, 11) is -4.42. The third-order valence-corrected chi connectivity index (χ3v) is 4.02. The topological polar surface area (TPSA) is 66.8 Å². The van der Waals surface area contributed by atoms with E-state index in [1.54, 1.807) is 0 Å². The molecular formula is C15H22F3O4P. The van der Waals surface area contributed by atoms with Gasteiger partial charge < -0.3 is 14.5 Å². The van der Waals surface area contributed by atoms with Gasteiger partial charge in [0.1, 0.15) is 5.75 Å². The van der Waals surface area contributed by atoms with Crippen molar-refractivity contribution < 1.29 is 32.3 Å². The second-order valence-electron chi connectivity index (χ2n) is 5.41. The highest BCUT2D eigenvalue weighted by molar-refractivity contribution is 7.50. The predicted molar refractivity (Wildman–Crippen MR) is 81.4 cm³/mol. The van der Waals surface area contributed by atoms with Crippen molar-refractivity contribution in [2.45, 2.75) is 51.4 Å². The molecule has 0 amide bonds. The minimum atomic E-state index is -4.64. The lowest BCUT2D eigenvalue weighted by Gasteiger charge is -2.15. The van der Waals surface area contributed by atoms with E-state index in [1.165, 1.54) is 6.07 Å². The van der Waals surface area contributed by atoms with Crippen LogP contribution in [0.25, 0.3) is 0 Å². The van der Waals surface area contributed by atoms with Crippen LogP contribution < -0.4 is 4.74 Å². The van der Waals surface area contributed by atoms with E-state index in [9.17, 15) is 17.7 Å². The van der Waals surface area contributed by atoms with Crippen LogP contribution in [0.3, 0.4) is 0 Å². The van der Waals surface area contributed by atoms with Gasteiger partial charge in [0, 0.05) is 0 Å². The molecule has 0 aromatic heterocycles. The van der Waals surface area contributed by atoms with Gasteiger partial charge in [-0.15, -0.1) is 0 Å². The highest BCUT2D eigenvalue weighted by Crippen LogP contribution is 2.42. The Bertz CT molecular complexity index is 540. The Kier molecular flexibility index (Phi) is 7.58. The number of rotatable bonds is 9. The summed E-state index contributed by atoms with van der Waals surface area (Å²) in [5.41, 5.74) is -1.07. The van der Waals surface area contributed by atoms with Gasteiger partial charge in [-0.2, -0.15) is 13.2 Å². The quantitative estimate of drug-likeness (QED) is 0.497. The fourth-order valence-electron chi connectivity index (χ4n) is 2.15. The monoisotopic (exact) mass is 354 g/mol. The second kappa shape index (κ2) is 8.71. The summed E-state index contributed by atoms with van der Waals surface area (Å²) in [6.07, 6.45) is -0.610. The van der Waals surface area contributed by atoms with E-state index < -0.39 is 25.5 Å². The van der Waals surface area contributed by atoms with Crippen LogP contribution >= 0.6 is 7.60 Å². The maximum absolute atomic E-state index is 13.1. The standard InChI is InChI=1S/C15H22F3O4P/c1-2-3-4-5-6-9-22-14-8-7-12(11-23(19,20)21)10-13(14)15(16,17)18/h7-8,10H,2-6,9,11H2,1H3,(H2,19,20,21). The highest BCUT2D eigenvalue weighted by atomic mass is 31.2. The van der Waals surface area contributed by atoms with Gasteiger partial charge in [-0.3, -0.25) is 4.57 Å². The summed E-state index contributed by atoms with van der Waals surface area (Å²) in [6, 6.07) is 3.12. The number of alkyl halides is 3. The molecular weight excluding hydrogens is 332 g/mol. The lowest BCUT2D eigenvalue weighted by atomic mass is 10.1. The van der Waals surface area contributed by atoms with E-state index in [-0.39, 0.29) is 17.9 Å². The zero-order valence-electron chi connectivity index (χ0n) is 13.0. The first-order chi connectivity index (χ1) is 10.6. The van der Waals surface area contributed by atoms with Gasteiger partial charge in [-0.25, -0.2) is 0 Å². The molecule has 0 spiro atoms. The Balaban J connectivity index is 2.76. The van der Waals surface area contributed by atoms with E-state index >= 15 is 0 Å². The molecule has 0 unspecified atom stereocenters. The lowest BCUT2D eigenvalue weighted by Crippen LogP contribution is -2.10. The van der Waals surface area contributed by atoms with Crippen molar-refractivity contribution >= 4 is 7.60 Å². The van der Waals surface area contributed by atoms with Gasteiger partial charge in [0.15, 0.2) is 0 Å². The molecule has 0 aliphatic heterocycles. The summed E-state index contributed by atoms with van der Waals surface area (Å²) in [4.78, 5) is 17.8. The molecule has 0 bridgehead atoms. The molecule has 8 heteroatoms. The SMILES string of the molecule is CCCCCCCOc1ccc(CP(=O)(O)O)cc1C(F)(F)F. The third kappa shape index (κ3) is 7.86. The van der Waals surface area contributed by atoms with Crippen molar-refractivity contribution in [1.82, 2.24) is 0 Å². The molecule has 0 saturated carbocycles. The summed E-state index contributed by atoms with van der Waals surface area (Å²) in [5, 5.41) is 0. The molecule has 0 aliphatic carbocycles. The maximum atomic E-state index is 13.1. The van der Waals surface area contributed by atoms with Crippen molar-refractivity contribution in [1.29, 1.82) is 0 Å². The van der Waals surface area contributed by atoms with Crippen LogP contribution in [0.15, 0.2) is 18.2 Å². The lowest BCUT2D eigenvalue weighted by molar-refractivity contribution is -0.139. The summed E-state index contributed by atoms with van der Waals surface area (Å²) < 4.78 is 55.3. The van der Waals surface area contributed by atoms with Crippen molar-refractivity contribution in [3.05, 3.63) is 29.3 Å². The van der Waals surface area contributed by atoms with Crippen LogP contribution in [0.1, 0.15) is 50.2 Å².